The van der Waals surface area contributed by atoms with Crippen molar-refractivity contribution in [3.05, 3.63) is 39.2 Å². The maximum atomic E-state index is 10.5. The molecule has 1 N–H and O–H groups in total. The van der Waals surface area contributed by atoms with Crippen LogP contribution in [-0.4, -0.2) is 54.4 Å². The number of aromatic nitrogens is 1. The van der Waals surface area contributed by atoms with Crippen molar-refractivity contribution in [2.24, 2.45) is 4.99 Å². The number of hydrogen-bond donors (Lipinski definition) is 1. The fraction of sp³-hybridized carbons (Fsp3) is 0.500. The van der Waals surface area contributed by atoms with Crippen molar-refractivity contribution >= 4 is 17.4 Å². The lowest BCUT2D eigenvalue weighted by atomic mass is 10.3. The minimum absolute atomic E-state index is 0.198. The van der Waals surface area contributed by atoms with E-state index in [1.165, 1.54) is 7.11 Å². The lowest BCUT2D eigenvalue weighted by molar-refractivity contribution is -0.464. The molecular formula is C12H18ClN5O3. The molecule has 0 aliphatic rings. The number of amidine groups is 1. The first-order valence-electron chi connectivity index (χ1n) is 6.24. The smallest absolute Gasteiger partial charge is 0.262 e. The highest BCUT2D eigenvalue weighted by Crippen LogP contribution is 2.06. The molecule has 1 aromatic heterocycles. The molecular weight excluding hydrogens is 298 g/mol. The van der Waals surface area contributed by atoms with E-state index in [0.717, 1.165) is 5.56 Å². The molecule has 1 aromatic rings. The third kappa shape index (κ3) is 7.54. The average Bonchev–Trinajstić information content (AvgIpc) is 2.41. The highest BCUT2D eigenvalue weighted by molar-refractivity contribution is 6.29. The van der Waals surface area contributed by atoms with Crippen molar-refractivity contribution in [3.63, 3.8) is 0 Å². The SMILES string of the molecule is CONC(C[N+](=O)[O-])=NCCN(C)Cc1ccc(Cl)nc1. The molecule has 0 amide bonds. The zero-order valence-electron chi connectivity index (χ0n) is 12.0. The molecule has 0 spiro atoms. The first-order valence-corrected chi connectivity index (χ1v) is 6.62. The van der Waals surface area contributed by atoms with Crippen LogP contribution >= 0.6 is 11.6 Å². The van der Waals surface area contributed by atoms with Gasteiger partial charge in [0.05, 0.1) is 13.7 Å². The topological polar surface area (TPSA) is 92.9 Å². The van der Waals surface area contributed by atoms with Gasteiger partial charge in [0, 0.05) is 24.2 Å². The summed E-state index contributed by atoms with van der Waals surface area (Å²) in [6, 6.07) is 3.64. The molecule has 9 heteroatoms. The van der Waals surface area contributed by atoms with Gasteiger partial charge >= 0.3 is 0 Å². The van der Waals surface area contributed by atoms with Crippen LogP contribution in [0.3, 0.4) is 0 Å². The van der Waals surface area contributed by atoms with Gasteiger partial charge in [0.1, 0.15) is 5.15 Å². The maximum absolute atomic E-state index is 10.5. The molecule has 0 unspecified atom stereocenters. The van der Waals surface area contributed by atoms with Crippen molar-refractivity contribution < 1.29 is 9.76 Å². The number of nitrogens with one attached hydrogen (secondary N) is 1. The van der Waals surface area contributed by atoms with Crippen LogP contribution in [-0.2, 0) is 11.4 Å². The van der Waals surface area contributed by atoms with Crippen molar-refractivity contribution in [2.45, 2.75) is 6.54 Å². The number of nitrogens with zero attached hydrogens (tertiary/aromatic N) is 4. The fourth-order valence-corrected chi connectivity index (χ4v) is 1.71. The summed E-state index contributed by atoms with van der Waals surface area (Å²) in [4.78, 5) is 24.8. The second-order valence-corrected chi connectivity index (χ2v) is 4.74. The average molecular weight is 316 g/mol. The lowest BCUT2D eigenvalue weighted by Crippen LogP contribution is -2.30. The summed E-state index contributed by atoms with van der Waals surface area (Å²) in [5.41, 5.74) is 3.44. The minimum atomic E-state index is -0.464. The molecule has 0 saturated heterocycles. The van der Waals surface area contributed by atoms with Crippen LogP contribution in [0, 0.1) is 10.1 Å². The Morgan fingerprint density at radius 1 is 1.62 bits per heavy atom. The van der Waals surface area contributed by atoms with Crippen LogP contribution in [0.1, 0.15) is 5.56 Å². The Morgan fingerprint density at radius 3 is 2.95 bits per heavy atom. The van der Waals surface area contributed by atoms with Gasteiger partial charge in [-0.1, -0.05) is 17.7 Å². The van der Waals surface area contributed by atoms with E-state index in [9.17, 15) is 10.1 Å². The van der Waals surface area contributed by atoms with Gasteiger partial charge < -0.3 is 4.90 Å². The Labute approximate surface area is 127 Å². The van der Waals surface area contributed by atoms with E-state index in [2.05, 4.69) is 20.3 Å². The molecule has 116 valence electrons. The molecule has 0 fully saturated rings. The summed E-state index contributed by atoms with van der Waals surface area (Å²) in [5.74, 6) is 0.198. The lowest BCUT2D eigenvalue weighted by Gasteiger charge is -2.15. The van der Waals surface area contributed by atoms with Crippen molar-refractivity contribution in [1.82, 2.24) is 15.4 Å². The van der Waals surface area contributed by atoms with Gasteiger partial charge in [0.25, 0.3) is 6.54 Å². The predicted molar refractivity (Wildman–Crippen MR) is 79.9 cm³/mol. The highest BCUT2D eigenvalue weighted by atomic mass is 35.5. The van der Waals surface area contributed by atoms with Gasteiger partial charge in [-0.15, -0.1) is 0 Å². The summed E-state index contributed by atoms with van der Waals surface area (Å²) in [6.45, 7) is 1.38. The Hall–Kier alpha value is -1.77. The molecule has 1 rings (SSSR count). The molecule has 0 bridgehead atoms. The molecule has 0 aliphatic carbocycles. The third-order valence-corrected chi connectivity index (χ3v) is 2.75. The summed E-state index contributed by atoms with van der Waals surface area (Å²) in [7, 11) is 3.32. The summed E-state index contributed by atoms with van der Waals surface area (Å²) in [6.07, 6.45) is 1.72. The molecule has 8 nitrogen and oxygen atoms in total. The van der Waals surface area contributed by atoms with Crippen LogP contribution in [0.25, 0.3) is 0 Å². The quantitative estimate of drug-likeness (QED) is 0.253. The van der Waals surface area contributed by atoms with Gasteiger partial charge in [-0.25, -0.2) is 10.5 Å². The van der Waals surface area contributed by atoms with E-state index in [-0.39, 0.29) is 5.84 Å². The van der Waals surface area contributed by atoms with Crippen molar-refractivity contribution in [3.8, 4) is 0 Å². The Bertz CT molecular complexity index is 480. The van der Waals surface area contributed by atoms with E-state index in [1.807, 2.05) is 18.0 Å². The summed E-state index contributed by atoms with van der Waals surface area (Å²) < 4.78 is 0. The largest absolute Gasteiger partial charge is 0.300 e. The van der Waals surface area contributed by atoms with E-state index in [0.29, 0.717) is 24.8 Å². The fourth-order valence-electron chi connectivity index (χ4n) is 1.60. The van der Waals surface area contributed by atoms with E-state index < -0.39 is 11.5 Å². The van der Waals surface area contributed by atoms with E-state index >= 15 is 0 Å². The van der Waals surface area contributed by atoms with Crippen LogP contribution < -0.4 is 5.48 Å². The standard InChI is InChI=1S/C12H18ClN5O3/c1-17(8-10-3-4-11(13)15-7-10)6-5-14-12(16-21-2)9-18(19)20/h3-4,7H,5-6,8-9H2,1-2H3,(H,14,16). The zero-order valence-corrected chi connectivity index (χ0v) is 12.7. The first-order chi connectivity index (χ1) is 10.0. The Kier molecular flexibility index (Phi) is 7.59. The third-order valence-electron chi connectivity index (χ3n) is 2.52. The number of hydroxylamine groups is 1. The number of rotatable bonds is 8. The van der Waals surface area contributed by atoms with E-state index in [1.54, 1.807) is 12.3 Å². The summed E-state index contributed by atoms with van der Waals surface area (Å²) in [5, 5.41) is 10.9. The first kappa shape index (κ1) is 17.3. The molecule has 0 radical (unpaired) electrons. The molecule has 0 atom stereocenters. The molecule has 0 aliphatic heterocycles. The van der Waals surface area contributed by atoms with Crippen LogP contribution in [0.15, 0.2) is 23.3 Å². The van der Waals surface area contributed by atoms with Gasteiger partial charge in [0.2, 0.25) is 0 Å². The van der Waals surface area contributed by atoms with Crippen molar-refractivity contribution in [1.29, 1.82) is 0 Å². The molecule has 0 saturated carbocycles. The number of likely N-dealkylation sites (N-methyl/N-ethyl adjacent to an activating group) is 1. The highest BCUT2D eigenvalue weighted by Gasteiger charge is 2.07. The predicted octanol–water partition coefficient (Wildman–Crippen LogP) is 0.993. The van der Waals surface area contributed by atoms with Gasteiger partial charge in [-0.2, -0.15) is 0 Å². The second-order valence-electron chi connectivity index (χ2n) is 4.35. The van der Waals surface area contributed by atoms with Crippen LogP contribution in [0.5, 0.6) is 0 Å². The van der Waals surface area contributed by atoms with Gasteiger partial charge in [-0.05, 0) is 18.7 Å². The number of nitro groups is 1. The zero-order chi connectivity index (χ0) is 15.7. The molecule has 1 heterocycles. The minimum Gasteiger partial charge on any atom is -0.300 e. The van der Waals surface area contributed by atoms with Crippen LogP contribution in [0.4, 0.5) is 0 Å². The van der Waals surface area contributed by atoms with Gasteiger partial charge in [0.15, 0.2) is 5.84 Å². The Balaban J connectivity index is 2.41. The summed E-state index contributed by atoms with van der Waals surface area (Å²) >= 11 is 5.72. The molecule has 0 aromatic carbocycles. The Morgan fingerprint density at radius 2 is 2.38 bits per heavy atom. The number of halogens is 1. The van der Waals surface area contributed by atoms with E-state index in [4.69, 9.17) is 11.6 Å². The monoisotopic (exact) mass is 315 g/mol. The van der Waals surface area contributed by atoms with Crippen molar-refractivity contribution in [2.75, 3.05) is 33.8 Å². The normalized spacial score (nSPS) is 11.7. The number of aliphatic imine (C=N–C) groups is 1. The molecule has 21 heavy (non-hydrogen) atoms. The number of hydrogen-bond acceptors (Lipinski definition) is 6. The van der Waals surface area contributed by atoms with Crippen LogP contribution in [0.2, 0.25) is 5.15 Å². The maximum Gasteiger partial charge on any atom is 0.262 e. The number of pyridine rings is 1. The second kappa shape index (κ2) is 9.22. The van der Waals surface area contributed by atoms with Gasteiger partial charge in [-0.3, -0.25) is 19.9 Å².